The second-order valence-corrected chi connectivity index (χ2v) is 8.83. The number of amides is 1. The van der Waals surface area contributed by atoms with Gasteiger partial charge in [0.2, 0.25) is 0 Å². The number of hydrogen-bond donors (Lipinski definition) is 1. The molecule has 0 spiro atoms. The first-order valence-corrected chi connectivity index (χ1v) is 10.2. The Hall–Kier alpha value is -2.37. The van der Waals surface area contributed by atoms with Crippen LogP contribution >= 0.6 is 15.9 Å². The third-order valence-corrected chi connectivity index (χ3v) is 5.98. The van der Waals surface area contributed by atoms with Crippen molar-refractivity contribution in [2.24, 2.45) is 0 Å². The van der Waals surface area contributed by atoms with E-state index in [1.165, 1.54) is 12.1 Å². The van der Waals surface area contributed by atoms with Crippen molar-refractivity contribution in [1.82, 2.24) is 4.90 Å². The molecule has 0 saturated carbocycles. The number of anilines is 1. The zero-order valence-electron chi connectivity index (χ0n) is 14.2. The number of sulfonamides is 1. The molecule has 1 heterocycles. The van der Waals surface area contributed by atoms with Gasteiger partial charge in [-0.05, 0) is 49.7 Å². The molecule has 0 fully saturated rings. The van der Waals surface area contributed by atoms with Gasteiger partial charge in [-0.15, -0.1) is 0 Å². The molecule has 1 aliphatic heterocycles. The highest BCUT2D eigenvalue weighted by Gasteiger charge is 2.35. The largest absolute Gasteiger partial charge is 0.332 e. The molecule has 134 valence electrons. The van der Waals surface area contributed by atoms with Gasteiger partial charge in [0, 0.05) is 17.1 Å². The molecule has 1 amide bonds. The van der Waals surface area contributed by atoms with Gasteiger partial charge in [0.25, 0.3) is 15.9 Å². The number of benzene rings is 2. The summed E-state index contributed by atoms with van der Waals surface area (Å²) in [4.78, 5) is 14.3. The number of carbonyl (C=O) groups excluding carboxylic acids is 1. The number of fused-ring (bicyclic) bond motifs is 1. The van der Waals surface area contributed by atoms with E-state index >= 15 is 0 Å². The molecule has 0 radical (unpaired) electrons. The Morgan fingerprint density at radius 3 is 2.65 bits per heavy atom. The Morgan fingerprint density at radius 1 is 1.27 bits per heavy atom. The van der Waals surface area contributed by atoms with Crippen molar-refractivity contribution >= 4 is 37.5 Å². The summed E-state index contributed by atoms with van der Waals surface area (Å²) in [7, 11) is -4.01. The van der Waals surface area contributed by atoms with Gasteiger partial charge in [0.05, 0.1) is 22.9 Å². The van der Waals surface area contributed by atoms with Crippen LogP contribution < -0.4 is 4.72 Å². The van der Waals surface area contributed by atoms with Crippen LogP contribution in [0.25, 0.3) is 0 Å². The van der Waals surface area contributed by atoms with Crippen molar-refractivity contribution in [2.45, 2.75) is 31.3 Å². The number of nitrogens with one attached hydrogen (secondary N) is 1. The first kappa shape index (κ1) is 18.4. The number of rotatable bonds is 4. The molecular weight excluding hydrogens is 418 g/mol. The fraction of sp³-hybridized carbons (Fsp3) is 0.222. The van der Waals surface area contributed by atoms with E-state index in [4.69, 9.17) is 5.26 Å². The molecule has 0 aromatic heterocycles. The Labute approximate surface area is 160 Å². The third kappa shape index (κ3) is 3.32. The number of hydrogen-bond acceptors (Lipinski definition) is 4. The maximum absolute atomic E-state index is 12.9. The summed E-state index contributed by atoms with van der Waals surface area (Å²) in [5, 5.41) is 8.97. The van der Waals surface area contributed by atoms with E-state index in [1.54, 1.807) is 29.2 Å². The van der Waals surface area contributed by atoms with Gasteiger partial charge in [-0.1, -0.05) is 22.0 Å². The summed E-state index contributed by atoms with van der Waals surface area (Å²) >= 11 is 3.33. The lowest BCUT2D eigenvalue weighted by atomic mass is 10.1. The Balaban J connectivity index is 2.07. The minimum atomic E-state index is -4.01. The van der Waals surface area contributed by atoms with E-state index in [2.05, 4.69) is 20.7 Å². The number of halogens is 1. The van der Waals surface area contributed by atoms with Gasteiger partial charge in [0.1, 0.15) is 4.90 Å². The van der Waals surface area contributed by atoms with E-state index in [1.807, 2.05) is 19.9 Å². The van der Waals surface area contributed by atoms with Gasteiger partial charge >= 0.3 is 0 Å². The van der Waals surface area contributed by atoms with Gasteiger partial charge in [-0.2, -0.15) is 5.26 Å². The Bertz CT molecular complexity index is 1040. The highest BCUT2D eigenvalue weighted by Crippen LogP contribution is 2.34. The molecule has 1 N–H and O–H groups in total. The second-order valence-electron chi connectivity index (χ2n) is 6.26. The molecule has 8 heteroatoms. The highest BCUT2D eigenvalue weighted by atomic mass is 79.9. The quantitative estimate of drug-likeness (QED) is 0.798. The third-order valence-electron chi connectivity index (χ3n) is 4.12. The van der Waals surface area contributed by atoms with Crippen molar-refractivity contribution < 1.29 is 13.2 Å². The van der Waals surface area contributed by atoms with Crippen LogP contribution in [0.1, 0.15) is 35.3 Å². The maximum Gasteiger partial charge on any atom is 0.262 e. The van der Waals surface area contributed by atoms with E-state index in [-0.39, 0.29) is 28.1 Å². The standard InChI is InChI=1S/C18H16BrN3O3S/c1-11(2)22-10-13-7-14(19)8-16(17(13)18(22)23)26(24,25)21-15-5-3-4-12(6-15)9-20/h3-8,11,21H,10H2,1-2H3. The van der Waals surface area contributed by atoms with Crippen LogP contribution in [0.2, 0.25) is 0 Å². The van der Waals surface area contributed by atoms with Crippen LogP contribution in [0.3, 0.4) is 0 Å². The molecule has 0 aliphatic carbocycles. The molecule has 2 aromatic carbocycles. The van der Waals surface area contributed by atoms with Crippen LogP contribution in [0.5, 0.6) is 0 Å². The van der Waals surface area contributed by atoms with Crippen molar-refractivity contribution in [2.75, 3.05) is 4.72 Å². The molecule has 3 rings (SSSR count). The van der Waals surface area contributed by atoms with Gasteiger partial charge in [0.15, 0.2) is 0 Å². The molecule has 1 aliphatic rings. The minimum absolute atomic E-state index is 0.0375. The second kappa shape index (κ2) is 6.74. The summed E-state index contributed by atoms with van der Waals surface area (Å²) in [5.74, 6) is -0.298. The van der Waals surface area contributed by atoms with Gasteiger partial charge < -0.3 is 4.90 Å². The SMILES string of the molecule is CC(C)N1Cc2cc(Br)cc(S(=O)(=O)Nc3cccc(C#N)c3)c2C1=O. The predicted molar refractivity (Wildman–Crippen MR) is 101 cm³/mol. The topological polar surface area (TPSA) is 90.3 Å². The average molecular weight is 434 g/mol. The lowest BCUT2D eigenvalue weighted by Crippen LogP contribution is -2.31. The van der Waals surface area contributed by atoms with E-state index in [9.17, 15) is 13.2 Å². The highest BCUT2D eigenvalue weighted by molar-refractivity contribution is 9.10. The van der Waals surface area contributed by atoms with E-state index < -0.39 is 10.0 Å². The molecule has 2 aromatic rings. The Kier molecular flexibility index (Phi) is 4.78. The lowest BCUT2D eigenvalue weighted by Gasteiger charge is -2.20. The van der Waals surface area contributed by atoms with E-state index in [0.717, 1.165) is 0 Å². The fourth-order valence-corrected chi connectivity index (χ4v) is 4.87. The number of nitriles is 1. The van der Waals surface area contributed by atoms with Crippen molar-refractivity contribution in [3.8, 4) is 6.07 Å². The zero-order chi connectivity index (χ0) is 19.1. The molecule has 6 nitrogen and oxygen atoms in total. The summed E-state index contributed by atoms with van der Waals surface area (Å²) in [6.07, 6.45) is 0. The summed E-state index contributed by atoms with van der Waals surface area (Å²) < 4.78 is 28.9. The monoisotopic (exact) mass is 433 g/mol. The van der Waals surface area contributed by atoms with Crippen LogP contribution in [0, 0.1) is 11.3 Å². The number of nitrogens with zero attached hydrogens (tertiary/aromatic N) is 2. The molecule has 26 heavy (non-hydrogen) atoms. The van der Waals surface area contributed by atoms with Crippen LogP contribution in [-0.2, 0) is 16.6 Å². The maximum atomic E-state index is 12.9. The molecule has 0 unspecified atom stereocenters. The normalized spacial score (nSPS) is 13.7. The van der Waals surface area contributed by atoms with Crippen LogP contribution in [0.15, 0.2) is 45.8 Å². The average Bonchev–Trinajstić information content (AvgIpc) is 2.90. The summed E-state index contributed by atoms with van der Waals surface area (Å²) in [5.41, 5.74) is 1.48. The van der Waals surface area contributed by atoms with Crippen LogP contribution in [0.4, 0.5) is 5.69 Å². The van der Waals surface area contributed by atoms with Crippen molar-refractivity contribution in [1.29, 1.82) is 5.26 Å². The first-order chi connectivity index (χ1) is 12.2. The summed E-state index contributed by atoms with van der Waals surface area (Å²) in [6, 6.07) is 11.3. The Morgan fingerprint density at radius 2 is 2.00 bits per heavy atom. The lowest BCUT2D eigenvalue weighted by molar-refractivity contribution is 0.0728. The minimum Gasteiger partial charge on any atom is -0.332 e. The van der Waals surface area contributed by atoms with Crippen LogP contribution in [-0.4, -0.2) is 25.3 Å². The smallest absolute Gasteiger partial charge is 0.262 e. The van der Waals surface area contributed by atoms with Gasteiger partial charge in [-0.3, -0.25) is 9.52 Å². The molecule has 0 atom stereocenters. The molecule has 0 saturated heterocycles. The molecular formula is C18H16BrN3O3S. The zero-order valence-corrected chi connectivity index (χ0v) is 16.6. The van der Waals surface area contributed by atoms with Crippen molar-refractivity contribution in [3.05, 3.63) is 57.6 Å². The van der Waals surface area contributed by atoms with Gasteiger partial charge in [-0.25, -0.2) is 8.42 Å². The number of carbonyl (C=O) groups is 1. The van der Waals surface area contributed by atoms with E-state index in [0.29, 0.717) is 22.1 Å². The fourth-order valence-electron chi connectivity index (χ4n) is 2.89. The van der Waals surface area contributed by atoms with Crippen molar-refractivity contribution in [3.63, 3.8) is 0 Å². The summed E-state index contributed by atoms with van der Waals surface area (Å²) in [6.45, 7) is 4.15. The predicted octanol–water partition coefficient (Wildman–Crippen LogP) is 3.49. The molecule has 0 bridgehead atoms. The first-order valence-electron chi connectivity index (χ1n) is 7.89.